The van der Waals surface area contributed by atoms with E-state index in [1.165, 1.54) is 39.2 Å². The zero-order chi connectivity index (χ0) is 20.4. The van der Waals surface area contributed by atoms with Crippen molar-refractivity contribution in [3.63, 3.8) is 0 Å². The van der Waals surface area contributed by atoms with E-state index in [0.717, 1.165) is 0 Å². The molecule has 0 aliphatic heterocycles. The van der Waals surface area contributed by atoms with E-state index >= 15 is 0 Å². The van der Waals surface area contributed by atoms with Gasteiger partial charge in [-0.3, -0.25) is 4.98 Å². The van der Waals surface area contributed by atoms with Gasteiger partial charge in [-0.1, -0.05) is 58.0 Å². The zero-order valence-electron chi connectivity index (χ0n) is 17.6. The standard InChI is InChI=1S/C27H28N2/c1-19(2)24-17-23(21-12-14-28-15-13-21)18-25(20(3)4)27(24)29-16-8-11-26(29)22-9-6-5-7-10-22/h5-20H,1-4H3. The summed E-state index contributed by atoms with van der Waals surface area (Å²) < 4.78 is 2.37. The summed E-state index contributed by atoms with van der Waals surface area (Å²) in [6, 6.07) is 23.9. The van der Waals surface area contributed by atoms with Gasteiger partial charge in [0.05, 0.1) is 11.4 Å². The molecule has 2 heteroatoms. The van der Waals surface area contributed by atoms with Crippen LogP contribution in [0.5, 0.6) is 0 Å². The molecule has 146 valence electrons. The first-order chi connectivity index (χ1) is 14.1. The molecular weight excluding hydrogens is 352 g/mol. The van der Waals surface area contributed by atoms with Gasteiger partial charge in [0.15, 0.2) is 0 Å². The van der Waals surface area contributed by atoms with Crippen LogP contribution in [0.25, 0.3) is 28.1 Å². The number of benzene rings is 2. The first-order valence-corrected chi connectivity index (χ1v) is 10.4. The average Bonchev–Trinajstić information content (AvgIpc) is 3.23. The van der Waals surface area contributed by atoms with Crippen LogP contribution in [0.2, 0.25) is 0 Å². The van der Waals surface area contributed by atoms with Crippen LogP contribution in [0.4, 0.5) is 0 Å². The van der Waals surface area contributed by atoms with Crippen molar-refractivity contribution in [3.8, 4) is 28.1 Å². The van der Waals surface area contributed by atoms with E-state index in [9.17, 15) is 0 Å². The lowest BCUT2D eigenvalue weighted by Gasteiger charge is -2.24. The molecule has 0 aliphatic carbocycles. The Bertz CT molecular complexity index is 1060. The van der Waals surface area contributed by atoms with E-state index in [2.05, 4.69) is 110 Å². The van der Waals surface area contributed by atoms with Crippen LogP contribution in [-0.2, 0) is 0 Å². The smallest absolute Gasteiger partial charge is 0.0528 e. The number of rotatable bonds is 5. The van der Waals surface area contributed by atoms with Gasteiger partial charge >= 0.3 is 0 Å². The monoisotopic (exact) mass is 380 g/mol. The maximum Gasteiger partial charge on any atom is 0.0528 e. The molecule has 0 fully saturated rings. The van der Waals surface area contributed by atoms with Crippen molar-refractivity contribution in [2.45, 2.75) is 39.5 Å². The van der Waals surface area contributed by atoms with Crippen LogP contribution in [0.1, 0.15) is 50.7 Å². The number of hydrogen-bond donors (Lipinski definition) is 0. The van der Waals surface area contributed by atoms with Crippen LogP contribution >= 0.6 is 0 Å². The molecule has 0 bridgehead atoms. The van der Waals surface area contributed by atoms with E-state index < -0.39 is 0 Å². The predicted octanol–water partition coefficient (Wildman–Crippen LogP) is 7.45. The first kappa shape index (κ1) is 19.2. The van der Waals surface area contributed by atoms with Gasteiger partial charge in [-0.15, -0.1) is 0 Å². The molecule has 4 rings (SSSR count). The molecule has 0 atom stereocenters. The summed E-state index contributed by atoms with van der Waals surface area (Å²) in [5.41, 5.74) is 9.00. The van der Waals surface area contributed by atoms with Crippen molar-refractivity contribution in [3.05, 3.63) is 96.4 Å². The van der Waals surface area contributed by atoms with Crippen molar-refractivity contribution in [1.29, 1.82) is 0 Å². The molecule has 0 radical (unpaired) electrons. The third-order valence-electron chi connectivity index (χ3n) is 5.49. The van der Waals surface area contributed by atoms with Gasteiger partial charge in [-0.2, -0.15) is 0 Å². The molecular formula is C27H28N2. The minimum atomic E-state index is 0.412. The Morgan fingerprint density at radius 2 is 1.28 bits per heavy atom. The Morgan fingerprint density at radius 1 is 0.655 bits per heavy atom. The minimum absolute atomic E-state index is 0.412. The van der Waals surface area contributed by atoms with Crippen molar-refractivity contribution in [2.75, 3.05) is 0 Å². The molecule has 0 saturated carbocycles. The number of nitrogens with zero attached hydrogens (tertiary/aromatic N) is 2. The van der Waals surface area contributed by atoms with Gasteiger partial charge in [0.1, 0.15) is 0 Å². The van der Waals surface area contributed by atoms with Gasteiger partial charge in [0.2, 0.25) is 0 Å². The summed E-state index contributed by atoms with van der Waals surface area (Å²) in [7, 11) is 0. The van der Waals surface area contributed by atoms with Crippen LogP contribution in [0.15, 0.2) is 85.3 Å². The first-order valence-electron chi connectivity index (χ1n) is 10.4. The summed E-state index contributed by atoms with van der Waals surface area (Å²) >= 11 is 0. The Morgan fingerprint density at radius 3 is 1.86 bits per heavy atom. The van der Waals surface area contributed by atoms with Gasteiger partial charge in [-0.05, 0) is 76.1 Å². The number of aromatic nitrogens is 2. The third kappa shape index (κ3) is 3.75. The predicted molar refractivity (Wildman–Crippen MR) is 123 cm³/mol. The van der Waals surface area contributed by atoms with Crippen molar-refractivity contribution in [2.24, 2.45) is 0 Å². The molecule has 2 aromatic carbocycles. The Kier molecular flexibility index (Phi) is 5.35. The SMILES string of the molecule is CC(C)c1cc(-c2ccncc2)cc(C(C)C)c1-n1cccc1-c1ccccc1. The minimum Gasteiger partial charge on any atom is -0.316 e. The van der Waals surface area contributed by atoms with E-state index in [0.29, 0.717) is 11.8 Å². The number of pyridine rings is 1. The molecule has 2 heterocycles. The van der Waals surface area contributed by atoms with Crippen LogP contribution < -0.4 is 0 Å². The second kappa shape index (κ2) is 8.08. The fourth-order valence-electron chi connectivity index (χ4n) is 3.97. The van der Waals surface area contributed by atoms with Crippen molar-refractivity contribution < 1.29 is 0 Å². The fourth-order valence-corrected chi connectivity index (χ4v) is 3.97. The lowest BCUT2D eigenvalue weighted by Crippen LogP contribution is -2.08. The average molecular weight is 381 g/mol. The Hall–Kier alpha value is -3.13. The maximum atomic E-state index is 4.19. The molecule has 0 saturated heterocycles. The topological polar surface area (TPSA) is 17.8 Å². The van der Waals surface area contributed by atoms with Gasteiger partial charge < -0.3 is 4.57 Å². The lowest BCUT2D eigenvalue weighted by atomic mass is 9.88. The molecule has 0 N–H and O–H groups in total. The molecule has 2 nitrogen and oxygen atoms in total. The van der Waals surface area contributed by atoms with Crippen LogP contribution in [0.3, 0.4) is 0 Å². The second-order valence-corrected chi connectivity index (χ2v) is 8.18. The number of hydrogen-bond acceptors (Lipinski definition) is 1. The molecule has 2 aromatic heterocycles. The summed E-state index contributed by atoms with van der Waals surface area (Å²) in [6.45, 7) is 9.13. The molecule has 0 spiro atoms. The van der Waals surface area contributed by atoms with Crippen LogP contribution in [-0.4, -0.2) is 9.55 Å². The fraction of sp³-hybridized carbons (Fsp3) is 0.222. The largest absolute Gasteiger partial charge is 0.316 e. The summed E-state index contributed by atoms with van der Waals surface area (Å²) in [4.78, 5) is 4.19. The lowest BCUT2D eigenvalue weighted by molar-refractivity contribution is 0.808. The Labute approximate surface area is 173 Å². The highest BCUT2D eigenvalue weighted by atomic mass is 15.0. The zero-order valence-corrected chi connectivity index (χ0v) is 17.6. The molecule has 29 heavy (non-hydrogen) atoms. The summed E-state index contributed by atoms with van der Waals surface area (Å²) in [5, 5.41) is 0. The molecule has 0 aliphatic rings. The quantitative estimate of drug-likeness (QED) is 0.351. The molecule has 4 aromatic rings. The van der Waals surface area contributed by atoms with Crippen LogP contribution in [0, 0.1) is 0 Å². The highest BCUT2D eigenvalue weighted by Gasteiger charge is 2.20. The maximum absolute atomic E-state index is 4.19. The normalized spacial score (nSPS) is 11.4. The third-order valence-corrected chi connectivity index (χ3v) is 5.49. The second-order valence-electron chi connectivity index (χ2n) is 8.18. The van der Waals surface area contributed by atoms with E-state index in [4.69, 9.17) is 0 Å². The van der Waals surface area contributed by atoms with Crippen molar-refractivity contribution in [1.82, 2.24) is 9.55 Å². The highest BCUT2D eigenvalue weighted by molar-refractivity contribution is 5.72. The van der Waals surface area contributed by atoms with Crippen molar-refractivity contribution >= 4 is 0 Å². The Balaban J connectivity index is 1.98. The summed E-state index contributed by atoms with van der Waals surface area (Å²) in [6.07, 6.45) is 5.93. The molecule has 0 amide bonds. The highest BCUT2D eigenvalue weighted by Crippen LogP contribution is 2.38. The van der Waals surface area contributed by atoms with E-state index in [1.807, 2.05) is 12.4 Å². The van der Waals surface area contributed by atoms with Gasteiger partial charge in [-0.25, -0.2) is 0 Å². The van der Waals surface area contributed by atoms with E-state index in [-0.39, 0.29) is 0 Å². The van der Waals surface area contributed by atoms with Gasteiger partial charge in [0, 0.05) is 18.6 Å². The van der Waals surface area contributed by atoms with E-state index in [1.54, 1.807) is 0 Å². The van der Waals surface area contributed by atoms with Gasteiger partial charge in [0.25, 0.3) is 0 Å². The molecule has 0 unspecified atom stereocenters. The summed E-state index contributed by atoms with van der Waals surface area (Å²) in [5.74, 6) is 0.825.